The molecule has 0 aromatic carbocycles. The van der Waals surface area contributed by atoms with Crippen LogP contribution in [0, 0.1) is 17.8 Å². The minimum atomic E-state index is -4.96. The normalized spacial score (nSPS) is 14.7. The number of hydrogen-bond acceptors (Lipinski definition) is 15. The molecule has 0 saturated heterocycles. The molecule has 0 saturated carbocycles. The molecule has 0 rings (SSSR count). The number of phosphoric ester groups is 2. The number of carbonyl (C=O) groups is 4. The predicted molar refractivity (Wildman–Crippen MR) is 372 cm³/mol. The first kappa shape index (κ1) is 90.1. The van der Waals surface area contributed by atoms with Crippen molar-refractivity contribution in [2.75, 3.05) is 39.6 Å². The second kappa shape index (κ2) is 63.8. The van der Waals surface area contributed by atoms with Gasteiger partial charge in [0.1, 0.15) is 19.3 Å². The van der Waals surface area contributed by atoms with Crippen molar-refractivity contribution in [3.05, 3.63) is 0 Å². The molecule has 0 aromatic heterocycles. The Kier molecular flexibility index (Phi) is 62.4. The molecule has 0 spiro atoms. The highest BCUT2D eigenvalue weighted by atomic mass is 31.2. The number of rotatable bonds is 71. The highest BCUT2D eigenvalue weighted by Crippen LogP contribution is 2.45. The predicted octanol–water partition coefficient (Wildman–Crippen LogP) is 21.0. The zero-order valence-electron chi connectivity index (χ0n) is 60.0. The molecule has 0 aliphatic rings. The van der Waals surface area contributed by atoms with E-state index in [0.717, 1.165) is 108 Å². The van der Waals surface area contributed by atoms with E-state index in [9.17, 15) is 43.2 Å². The van der Waals surface area contributed by atoms with Crippen LogP contribution in [0.4, 0.5) is 0 Å². The molecular formula is C73H142O17P2. The van der Waals surface area contributed by atoms with Crippen molar-refractivity contribution in [3.63, 3.8) is 0 Å². The molecule has 0 aliphatic carbocycles. The molecule has 7 atom stereocenters. The van der Waals surface area contributed by atoms with Crippen LogP contribution >= 0.6 is 15.6 Å². The van der Waals surface area contributed by atoms with E-state index in [-0.39, 0.29) is 25.7 Å². The molecule has 0 aliphatic heterocycles. The molecule has 4 unspecified atom stereocenters. The lowest BCUT2D eigenvalue weighted by molar-refractivity contribution is -0.161. The van der Waals surface area contributed by atoms with Crippen LogP contribution in [0.3, 0.4) is 0 Å². The second-order valence-corrected chi connectivity index (χ2v) is 30.2. The Hall–Kier alpha value is -1.94. The minimum Gasteiger partial charge on any atom is -0.462 e. The zero-order chi connectivity index (χ0) is 68.0. The van der Waals surface area contributed by atoms with Crippen LogP contribution in [0.2, 0.25) is 0 Å². The Labute approximate surface area is 562 Å². The molecule has 0 amide bonds. The molecule has 0 aromatic rings. The van der Waals surface area contributed by atoms with E-state index in [1.54, 1.807) is 0 Å². The highest BCUT2D eigenvalue weighted by Gasteiger charge is 2.30. The van der Waals surface area contributed by atoms with E-state index in [4.69, 9.17) is 37.0 Å². The number of hydrogen-bond donors (Lipinski definition) is 3. The summed E-state index contributed by atoms with van der Waals surface area (Å²) in [6, 6.07) is 0. The lowest BCUT2D eigenvalue weighted by Gasteiger charge is -2.21. The average molecular weight is 1350 g/mol. The van der Waals surface area contributed by atoms with Crippen LogP contribution in [0.25, 0.3) is 0 Å². The first-order valence-electron chi connectivity index (χ1n) is 37.9. The van der Waals surface area contributed by atoms with Crippen molar-refractivity contribution in [1.82, 2.24) is 0 Å². The summed E-state index contributed by atoms with van der Waals surface area (Å²) in [5, 5.41) is 10.6. The minimum absolute atomic E-state index is 0.103. The van der Waals surface area contributed by atoms with Crippen molar-refractivity contribution < 1.29 is 80.2 Å². The Balaban J connectivity index is 5.24. The Morgan fingerprint density at radius 1 is 0.315 bits per heavy atom. The second-order valence-electron chi connectivity index (χ2n) is 27.3. The van der Waals surface area contributed by atoms with Gasteiger partial charge in [0, 0.05) is 25.7 Å². The van der Waals surface area contributed by atoms with Crippen LogP contribution in [-0.2, 0) is 65.4 Å². The number of esters is 4. The van der Waals surface area contributed by atoms with Crippen LogP contribution in [-0.4, -0.2) is 96.7 Å². The van der Waals surface area contributed by atoms with Crippen molar-refractivity contribution >= 4 is 39.5 Å². The van der Waals surface area contributed by atoms with Crippen LogP contribution in [0.1, 0.15) is 370 Å². The van der Waals surface area contributed by atoms with Gasteiger partial charge in [0.25, 0.3) is 0 Å². The van der Waals surface area contributed by atoms with Crippen molar-refractivity contribution in [1.29, 1.82) is 0 Å². The smallest absolute Gasteiger partial charge is 0.462 e. The summed E-state index contributed by atoms with van der Waals surface area (Å²) < 4.78 is 68.4. The lowest BCUT2D eigenvalue weighted by Crippen LogP contribution is -2.30. The molecule has 0 fully saturated rings. The van der Waals surface area contributed by atoms with Gasteiger partial charge in [-0.2, -0.15) is 0 Å². The number of phosphoric acid groups is 2. The van der Waals surface area contributed by atoms with Gasteiger partial charge in [0.15, 0.2) is 12.2 Å². The summed E-state index contributed by atoms with van der Waals surface area (Å²) in [5.41, 5.74) is 0. The third-order valence-electron chi connectivity index (χ3n) is 17.6. The van der Waals surface area contributed by atoms with Gasteiger partial charge in [-0.05, 0) is 43.4 Å². The van der Waals surface area contributed by atoms with Gasteiger partial charge in [-0.15, -0.1) is 0 Å². The maximum atomic E-state index is 13.1. The zero-order valence-corrected chi connectivity index (χ0v) is 61.8. The summed E-state index contributed by atoms with van der Waals surface area (Å²) >= 11 is 0. The molecule has 0 bridgehead atoms. The maximum Gasteiger partial charge on any atom is 0.472 e. The van der Waals surface area contributed by atoms with Gasteiger partial charge in [0.2, 0.25) is 0 Å². The monoisotopic (exact) mass is 1350 g/mol. The van der Waals surface area contributed by atoms with Gasteiger partial charge in [0.05, 0.1) is 26.4 Å². The van der Waals surface area contributed by atoms with E-state index in [1.165, 1.54) is 180 Å². The number of aliphatic hydroxyl groups excluding tert-OH is 1. The topological polar surface area (TPSA) is 237 Å². The number of carbonyl (C=O) groups excluding carboxylic acids is 4. The van der Waals surface area contributed by atoms with Gasteiger partial charge in [-0.3, -0.25) is 37.3 Å². The molecule has 19 heteroatoms. The fraction of sp³-hybridized carbons (Fsp3) is 0.945. The molecule has 3 N–H and O–H groups in total. The fourth-order valence-corrected chi connectivity index (χ4v) is 12.6. The molecule has 0 heterocycles. The SMILES string of the molecule is CCCCCCCCCCCCC(=O)OC[C@H](COP(=O)(O)OC[C@H](O)COP(=O)(O)OC[C@@H](COC(=O)CCCCCCCCCCCCCC(C)C)OC(=O)CCCCCCCCCCCCCCCCC(C)CC)OC(=O)CCCCCCCCC(C)CC. The Morgan fingerprint density at radius 2 is 0.554 bits per heavy atom. The molecular weight excluding hydrogens is 1210 g/mol. The quantitative estimate of drug-likeness (QED) is 0.0222. The van der Waals surface area contributed by atoms with Crippen LogP contribution in [0.15, 0.2) is 0 Å². The summed E-state index contributed by atoms with van der Waals surface area (Å²) in [5.74, 6) is 0.213. The van der Waals surface area contributed by atoms with Crippen LogP contribution < -0.4 is 0 Å². The van der Waals surface area contributed by atoms with Crippen molar-refractivity contribution in [2.45, 2.75) is 388 Å². The fourth-order valence-electron chi connectivity index (χ4n) is 11.0. The summed E-state index contributed by atoms with van der Waals surface area (Å²) in [6.45, 7) is 11.9. The molecule has 0 radical (unpaired) electrons. The Bertz CT molecular complexity index is 1810. The average Bonchev–Trinajstić information content (AvgIpc) is 1.62. The summed E-state index contributed by atoms with van der Waals surface area (Å²) in [6.07, 6.45) is 48.5. The van der Waals surface area contributed by atoms with E-state index in [2.05, 4.69) is 48.5 Å². The molecule has 546 valence electrons. The van der Waals surface area contributed by atoms with Gasteiger partial charge >= 0.3 is 39.5 Å². The first-order chi connectivity index (χ1) is 44.3. The standard InChI is InChI=1S/C73H142O17P2/c1-8-11-12-13-14-15-27-32-40-47-54-70(75)84-61-69(90-73(78)57-50-43-36-35-39-46-53-66(7)10-3)63-88-92(81,82)86-59-67(74)58-85-91(79,80)87-62-68(60-83-71(76)55-48-41-33-28-24-20-21-25-30-37-44-51-64(4)5)89-72(77)56-49-42-34-29-23-19-17-16-18-22-26-31-38-45-52-65(6)9-2/h64-69,74H,8-63H2,1-7H3,(H,79,80)(H,81,82)/t65?,66?,67-,68-,69-/m1/s1. The van der Waals surface area contributed by atoms with E-state index in [0.29, 0.717) is 25.7 Å². The van der Waals surface area contributed by atoms with Gasteiger partial charge < -0.3 is 33.8 Å². The van der Waals surface area contributed by atoms with Crippen LogP contribution in [0.5, 0.6) is 0 Å². The summed E-state index contributed by atoms with van der Waals surface area (Å²) in [4.78, 5) is 72.6. The largest absolute Gasteiger partial charge is 0.472 e. The van der Waals surface area contributed by atoms with Crippen molar-refractivity contribution in [2.24, 2.45) is 17.8 Å². The van der Waals surface area contributed by atoms with E-state index in [1.807, 2.05) is 0 Å². The third kappa shape index (κ3) is 64.1. The molecule has 17 nitrogen and oxygen atoms in total. The van der Waals surface area contributed by atoms with Crippen molar-refractivity contribution in [3.8, 4) is 0 Å². The first-order valence-corrected chi connectivity index (χ1v) is 40.9. The third-order valence-corrected chi connectivity index (χ3v) is 19.5. The Morgan fingerprint density at radius 3 is 0.826 bits per heavy atom. The van der Waals surface area contributed by atoms with E-state index >= 15 is 0 Å². The summed E-state index contributed by atoms with van der Waals surface area (Å²) in [7, 11) is -9.90. The molecule has 92 heavy (non-hydrogen) atoms. The highest BCUT2D eigenvalue weighted by molar-refractivity contribution is 7.47. The number of unbranched alkanes of at least 4 members (excludes halogenated alkanes) is 37. The van der Waals surface area contributed by atoms with E-state index < -0.39 is 97.5 Å². The maximum absolute atomic E-state index is 13.1. The van der Waals surface area contributed by atoms with Gasteiger partial charge in [-0.25, -0.2) is 9.13 Å². The van der Waals surface area contributed by atoms with Gasteiger partial charge in [-0.1, -0.05) is 318 Å². The lowest BCUT2D eigenvalue weighted by atomic mass is 9.99. The number of ether oxygens (including phenoxy) is 4. The number of aliphatic hydroxyl groups is 1.